The maximum atomic E-state index is 6.09. The Morgan fingerprint density at radius 2 is 1.94 bits per heavy atom. The minimum atomic E-state index is 0.215. The molecule has 1 nitrogen and oxygen atoms in total. The summed E-state index contributed by atoms with van der Waals surface area (Å²) in [7, 11) is 1.70. The number of hydrogen-bond donors (Lipinski definition) is 0. The quantitative estimate of drug-likeness (QED) is 0.554. The van der Waals surface area contributed by atoms with Crippen LogP contribution >= 0.6 is 43.5 Å². The second kappa shape index (κ2) is 7.76. The van der Waals surface area contributed by atoms with Crippen molar-refractivity contribution in [3.05, 3.63) is 28.8 Å². The Morgan fingerprint density at radius 3 is 2.44 bits per heavy atom. The maximum Gasteiger partial charge on any atom is 0.122 e. The molecule has 1 aromatic rings. The monoisotopic (exact) mass is 396 g/mol. The Labute approximate surface area is 132 Å². The number of halogens is 3. The van der Waals surface area contributed by atoms with Crippen molar-refractivity contribution in [2.75, 3.05) is 17.8 Å². The van der Waals surface area contributed by atoms with Crippen molar-refractivity contribution in [2.45, 2.75) is 26.2 Å². The second-order valence-corrected chi connectivity index (χ2v) is 6.21. The van der Waals surface area contributed by atoms with Crippen LogP contribution in [0.5, 0.6) is 5.75 Å². The lowest BCUT2D eigenvalue weighted by atomic mass is 9.81. The van der Waals surface area contributed by atoms with Gasteiger partial charge in [0, 0.05) is 15.7 Å². The predicted octanol–water partition coefficient (Wildman–Crippen LogP) is 5.47. The van der Waals surface area contributed by atoms with Crippen LogP contribution in [-0.4, -0.2) is 17.8 Å². The summed E-state index contributed by atoms with van der Waals surface area (Å²) in [6.45, 7) is 2.22. The Kier molecular flexibility index (Phi) is 7.04. The van der Waals surface area contributed by atoms with Crippen LogP contribution in [0, 0.1) is 5.41 Å². The van der Waals surface area contributed by atoms with E-state index >= 15 is 0 Å². The number of methoxy groups -OCH3 is 1. The molecule has 0 fully saturated rings. The lowest BCUT2D eigenvalue weighted by Crippen LogP contribution is -2.27. The molecule has 0 amide bonds. The van der Waals surface area contributed by atoms with E-state index in [9.17, 15) is 0 Å². The number of ether oxygens (including phenoxy) is 1. The summed E-state index contributed by atoms with van der Waals surface area (Å²) in [6.07, 6.45) is 3.29. The smallest absolute Gasteiger partial charge is 0.122 e. The van der Waals surface area contributed by atoms with Gasteiger partial charge in [0.2, 0.25) is 0 Å². The van der Waals surface area contributed by atoms with Crippen molar-refractivity contribution in [1.82, 2.24) is 0 Å². The fourth-order valence-corrected chi connectivity index (χ4v) is 4.25. The molecule has 0 saturated heterocycles. The molecule has 102 valence electrons. The first-order chi connectivity index (χ1) is 8.60. The van der Waals surface area contributed by atoms with Gasteiger partial charge in [-0.15, -0.1) is 0 Å². The van der Waals surface area contributed by atoms with Crippen molar-refractivity contribution in [3.63, 3.8) is 0 Å². The molecule has 0 N–H and O–H groups in total. The predicted molar refractivity (Wildman–Crippen MR) is 86.6 cm³/mol. The molecular weight excluding hydrogens is 379 g/mol. The molecule has 0 radical (unpaired) electrons. The first-order valence-electron chi connectivity index (χ1n) is 6.05. The molecule has 4 heteroatoms. The highest BCUT2D eigenvalue weighted by Gasteiger charge is 2.28. The Balaban J connectivity index is 3.02. The number of rotatable bonds is 7. The van der Waals surface area contributed by atoms with E-state index in [1.54, 1.807) is 7.11 Å². The van der Waals surface area contributed by atoms with Crippen LogP contribution in [0.1, 0.15) is 25.3 Å². The van der Waals surface area contributed by atoms with Gasteiger partial charge in [-0.3, -0.25) is 0 Å². The van der Waals surface area contributed by atoms with Gasteiger partial charge >= 0.3 is 0 Å². The molecule has 0 spiro atoms. The van der Waals surface area contributed by atoms with E-state index in [-0.39, 0.29) is 5.41 Å². The molecule has 0 saturated carbocycles. The SMILES string of the molecule is CCCC(CBr)(CBr)Cc1cc(Cl)ccc1OC. The van der Waals surface area contributed by atoms with Crippen molar-refractivity contribution < 1.29 is 4.74 Å². The minimum absolute atomic E-state index is 0.215. The van der Waals surface area contributed by atoms with Crippen LogP contribution in [0.25, 0.3) is 0 Å². The van der Waals surface area contributed by atoms with Crippen LogP contribution < -0.4 is 4.74 Å². The van der Waals surface area contributed by atoms with Crippen LogP contribution in [-0.2, 0) is 6.42 Å². The number of alkyl halides is 2. The molecule has 0 unspecified atom stereocenters. The van der Waals surface area contributed by atoms with Crippen molar-refractivity contribution in [2.24, 2.45) is 5.41 Å². The maximum absolute atomic E-state index is 6.09. The van der Waals surface area contributed by atoms with E-state index in [1.165, 1.54) is 18.4 Å². The molecule has 0 aliphatic rings. The van der Waals surface area contributed by atoms with Gasteiger partial charge in [0.1, 0.15) is 5.75 Å². The molecule has 0 aromatic heterocycles. The van der Waals surface area contributed by atoms with E-state index in [1.807, 2.05) is 18.2 Å². The van der Waals surface area contributed by atoms with Gasteiger partial charge in [0.15, 0.2) is 0 Å². The molecule has 0 heterocycles. The first-order valence-corrected chi connectivity index (χ1v) is 8.67. The van der Waals surface area contributed by atoms with Gasteiger partial charge in [-0.25, -0.2) is 0 Å². The fourth-order valence-electron chi connectivity index (χ4n) is 2.17. The molecule has 0 aliphatic heterocycles. The van der Waals surface area contributed by atoms with Crippen molar-refractivity contribution in [1.29, 1.82) is 0 Å². The van der Waals surface area contributed by atoms with Crippen molar-refractivity contribution in [3.8, 4) is 5.75 Å². The summed E-state index contributed by atoms with van der Waals surface area (Å²) in [5, 5.41) is 2.70. The van der Waals surface area contributed by atoms with Crippen molar-refractivity contribution >= 4 is 43.5 Å². The topological polar surface area (TPSA) is 9.23 Å². The summed E-state index contributed by atoms with van der Waals surface area (Å²) in [4.78, 5) is 0. The zero-order valence-corrected chi connectivity index (χ0v) is 14.7. The van der Waals surface area contributed by atoms with Crippen LogP contribution in [0.3, 0.4) is 0 Å². The van der Waals surface area contributed by atoms with Gasteiger partial charge in [-0.1, -0.05) is 56.8 Å². The van der Waals surface area contributed by atoms with E-state index < -0.39 is 0 Å². The zero-order chi connectivity index (χ0) is 13.6. The molecule has 0 bridgehead atoms. The summed E-state index contributed by atoms with van der Waals surface area (Å²) in [5.41, 5.74) is 1.39. The second-order valence-electron chi connectivity index (χ2n) is 4.65. The lowest BCUT2D eigenvalue weighted by Gasteiger charge is -2.30. The molecule has 0 atom stereocenters. The number of hydrogen-bond acceptors (Lipinski definition) is 1. The zero-order valence-electron chi connectivity index (χ0n) is 10.8. The minimum Gasteiger partial charge on any atom is -0.496 e. The first kappa shape index (κ1) is 16.3. The highest BCUT2D eigenvalue weighted by atomic mass is 79.9. The van der Waals surface area contributed by atoms with Gasteiger partial charge in [-0.05, 0) is 42.0 Å². The molecule has 0 aliphatic carbocycles. The normalized spacial score (nSPS) is 11.6. The van der Waals surface area contributed by atoms with Gasteiger partial charge in [-0.2, -0.15) is 0 Å². The highest BCUT2D eigenvalue weighted by molar-refractivity contribution is 9.09. The van der Waals surface area contributed by atoms with Crippen LogP contribution in [0.2, 0.25) is 5.02 Å². The van der Waals surface area contributed by atoms with Crippen LogP contribution in [0.15, 0.2) is 18.2 Å². The van der Waals surface area contributed by atoms with Crippen LogP contribution in [0.4, 0.5) is 0 Å². The average Bonchev–Trinajstić information content (AvgIpc) is 2.38. The van der Waals surface area contributed by atoms with Gasteiger partial charge < -0.3 is 4.74 Å². The molecular formula is C14H19Br2ClO. The molecule has 1 aromatic carbocycles. The number of benzene rings is 1. The lowest BCUT2D eigenvalue weighted by molar-refractivity contribution is 0.340. The molecule has 1 rings (SSSR count). The van der Waals surface area contributed by atoms with E-state index in [0.717, 1.165) is 27.9 Å². The van der Waals surface area contributed by atoms with E-state index in [2.05, 4.69) is 38.8 Å². The van der Waals surface area contributed by atoms with Gasteiger partial charge in [0.05, 0.1) is 7.11 Å². The third-order valence-electron chi connectivity index (χ3n) is 3.16. The Morgan fingerprint density at radius 1 is 1.28 bits per heavy atom. The van der Waals surface area contributed by atoms with Gasteiger partial charge in [0.25, 0.3) is 0 Å². The Bertz CT molecular complexity index is 378. The third-order valence-corrected chi connectivity index (χ3v) is 5.77. The van der Waals surface area contributed by atoms with E-state index in [0.29, 0.717) is 0 Å². The Hall–Kier alpha value is 0.270. The highest BCUT2D eigenvalue weighted by Crippen LogP contribution is 2.36. The fraction of sp³-hybridized carbons (Fsp3) is 0.571. The summed E-state index contributed by atoms with van der Waals surface area (Å²) >= 11 is 13.4. The third kappa shape index (κ3) is 4.14. The average molecular weight is 399 g/mol. The van der Waals surface area contributed by atoms with E-state index in [4.69, 9.17) is 16.3 Å². The summed E-state index contributed by atoms with van der Waals surface area (Å²) in [5.74, 6) is 0.918. The summed E-state index contributed by atoms with van der Waals surface area (Å²) in [6, 6.07) is 5.82. The largest absolute Gasteiger partial charge is 0.496 e. The molecule has 18 heavy (non-hydrogen) atoms. The standard InChI is InChI=1S/C14H19Br2ClO/c1-3-6-14(9-15,10-16)8-11-7-12(17)4-5-13(11)18-2/h4-5,7H,3,6,8-10H2,1-2H3. The summed E-state index contributed by atoms with van der Waals surface area (Å²) < 4.78 is 5.42.